The molecule has 3 aromatic rings. The Balaban J connectivity index is 1.43. The van der Waals surface area contributed by atoms with E-state index in [1.54, 1.807) is 6.07 Å². The van der Waals surface area contributed by atoms with Gasteiger partial charge in [0.05, 0.1) is 17.9 Å². The molecule has 4 rings (SSSR count). The van der Waals surface area contributed by atoms with Crippen molar-refractivity contribution in [1.29, 1.82) is 0 Å². The van der Waals surface area contributed by atoms with E-state index in [0.29, 0.717) is 33.8 Å². The van der Waals surface area contributed by atoms with E-state index in [-0.39, 0.29) is 17.2 Å². The van der Waals surface area contributed by atoms with E-state index in [9.17, 15) is 9.59 Å². The summed E-state index contributed by atoms with van der Waals surface area (Å²) in [5.74, 6) is 0.402. The van der Waals surface area contributed by atoms with Gasteiger partial charge in [0.2, 0.25) is 0 Å². The Morgan fingerprint density at radius 1 is 1.12 bits per heavy atom. The van der Waals surface area contributed by atoms with Crippen molar-refractivity contribution >= 4 is 34.8 Å². The molecule has 0 fully saturated rings. The molecule has 2 amide bonds. The molecular formula is C21H25N9O2S. The Bertz CT molecular complexity index is 1200. The zero-order valence-corrected chi connectivity index (χ0v) is 19.8. The van der Waals surface area contributed by atoms with Crippen LogP contribution in [0.3, 0.4) is 0 Å². The van der Waals surface area contributed by atoms with Crippen molar-refractivity contribution in [2.24, 2.45) is 0 Å². The molecule has 33 heavy (non-hydrogen) atoms. The summed E-state index contributed by atoms with van der Waals surface area (Å²) in [5.41, 5.74) is 4.78. The molecular weight excluding hydrogens is 442 g/mol. The summed E-state index contributed by atoms with van der Waals surface area (Å²) in [4.78, 5) is 47.0. The summed E-state index contributed by atoms with van der Waals surface area (Å²) in [6.45, 7) is 8.45. The third-order valence-corrected chi connectivity index (χ3v) is 6.17. The second-order valence-corrected chi connectivity index (χ2v) is 9.83. The van der Waals surface area contributed by atoms with Gasteiger partial charge in [-0.2, -0.15) is 0 Å². The van der Waals surface area contributed by atoms with Gasteiger partial charge in [-0.1, -0.05) is 20.8 Å². The molecule has 172 valence electrons. The van der Waals surface area contributed by atoms with Crippen LogP contribution in [-0.2, 0) is 12.0 Å². The third-order valence-electron chi connectivity index (χ3n) is 4.99. The average Bonchev–Trinajstić information content (AvgIpc) is 3.39. The molecule has 0 saturated heterocycles. The van der Waals surface area contributed by atoms with Gasteiger partial charge in [-0.3, -0.25) is 9.59 Å². The standard InChI is InChI=1S/C21H25N9O2S/c1-11(27-19(32)16-12-8-30(5)29-17(12)26-10-25-16)20-22-7-13(33-20)18(31)28-15-6-14(21(2,3)4)23-9-24-15/h6-7,9-11H,8H2,1-5H3,(H,27,32)(H,25,26,29)(H,23,24,28,31). The molecule has 0 aliphatic carbocycles. The Morgan fingerprint density at radius 3 is 2.64 bits per heavy atom. The number of anilines is 2. The molecule has 1 atom stereocenters. The first-order valence-corrected chi connectivity index (χ1v) is 11.2. The first kappa shape index (κ1) is 22.7. The van der Waals surface area contributed by atoms with Crippen molar-refractivity contribution in [3.63, 3.8) is 0 Å². The van der Waals surface area contributed by atoms with E-state index < -0.39 is 6.04 Å². The van der Waals surface area contributed by atoms with Crippen molar-refractivity contribution in [3.8, 4) is 0 Å². The van der Waals surface area contributed by atoms with Crippen molar-refractivity contribution < 1.29 is 9.59 Å². The molecule has 1 aliphatic rings. The van der Waals surface area contributed by atoms with E-state index >= 15 is 0 Å². The minimum Gasteiger partial charge on any atom is -0.342 e. The first-order chi connectivity index (χ1) is 15.6. The number of hydrogen-bond acceptors (Lipinski definition) is 10. The van der Waals surface area contributed by atoms with Gasteiger partial charge in [0.15, 0.2) is 0 Å². The van der Waals surface area contributed by atoms with E-state index in [0.717, 1.165) is 11.3 Å². The largest absolute Gasteiger partial charge is 0.342 e. The molecule has 0 saturated carbocycles. The van der Waals surface area contributed by atoms with E-state index in [1.165, 1.54) is 30.2 Å². The molecule has 3 aromatic heterocycles. The molecule has 3 N–H and O–H groups in total. The molecule has 0 aromatic carbocycles. The van der Waals surface area contributed by atoms with Gasteiger partial charge in [0, 0.05) is 30.6 Å². The molecule has 0 radical (unpaired) electrons. The lowest BCUT2D eigenvalue weighted by atomic mass is 9.92. The number of thiazole rings is 1. The maximum absolute atomic E-state index is 12.8. The fourth-order valence-corrected chi connectivity index (χ4v) is 4.06. The van der Waals surface area contributed by atoms with Crippen LogP contribution in [0.5, 0.6) is 0 Å². The highest BCUT2D eigenvalue weighted by atomic mass is 32.1. The summed E-state index contributed by atoms with van der Waals surface area (Å²) in [5, 5.41) is 8.12. The minimum absolute atomic E-state index is 0.164. The van der Waals surface area contributed by atoms with Crippen LogP contribution in [0.25, 0.3) is 0 Å². The highest BCUT2D eigenvalue weighted by Crippen LogP contribution is 2.26. The van der Waals surface area contributed by atoms with Crippen LogP contribution in [0.2, 0.25) is 0 Å². The number of fused-ring (bicyclic) bond motifs is 1. The topological polar surface area (TPSA) is 138 Å². The van der Waals surface area contributed by atoms with Gasteiger partial charge < -0.3 is 16.1 Å². The van der Waals surface area contributed by atoms with Crippen molar-refractivity contribution in [2.75, 3.05) is 17.8 Å². The molecule has 4 heterocycles. The van der Waals surface area contributed by atoms with Crippen molar-refractivity contribution in [3.05, 3.63) is 51.8 Å². The molecule has 1 aliphatic heterocycles. The fourth-order valence-electron chi connectivity index (χ4n) is 3.24. The van der Waals surface area contributed by atoms with Crippen LogP contribution in [0, 0.1) is 0 Å². The lowest BCUT2D eigenvalue weighted by molar-refractivity contribution is 0.0932. The van der Waals surface area contributed by atoms with E-state index in [2.05, 4.69) is 41.0 Å². The first-order valence-electron chi connectivity index (χ1n) is 10.3. The van der Waals surface area contributed by atoms with E-state index in [1.807, 2.05) is 39.8 Å². The zero-order valence-electron chi connectivity index (χ0n) is 19.0. The average molecular weight is 468 g/mol. The normalized spacial score (nSPS) is 14.3. The van der Waals surface area contributed by atoms with Crippen LogP contribution < -0.4 is 16.1 Å². The number of carbonyl (C=O) groups is 2. The molecule has 1 unspecified atom stereocenters. The number of nitrogens with one attached hydrogen (secondary N) is 3. The fraction of sp³-hybridized carbons (Fsp3) is 0.381. The summed E-state index contributed by atoms with van der Waals surface area (Å²) in [7, 11) is 1.86. The zero-order chi connectivity index (χ0) is 23.8. The van der Waals surface area contributed by atoms with Crippen molar-refractivity contribution in [1.82, 2.24) is 35.2 Å². The second-order valence-electron chi connectivity index (χ2n) is 8.77. The number of nitrogens with zero attached hydrogens (tertiary/aromatic N) is 6. The van der Waals surface area contributed by atoms with Gasteiger partial charge in [0.25, 0.3) is 11.8 Å². The predicted octanol–water partition coefficient (Wildman–Crippen LogP) is 2.54. The number of rotatable bonds is 5. The monoisotopic (exact) mass is 467 g/mol. The highest BCUT2D eigenvalue weighted by molar-refractivity contribution is 7.13. The van der Waals surface area contributed by atoms with Gasteiger partial charge in [0.1, 0.15) is 39.9 Å². The van der Waals surface area contributed by atoms with Gasteiger partial charge in [-0.25, -0.2) is 29.9 Å². The number of hydrazine groups is 1. The van der Waals surface area contributed by atoms with Gasteiger partial charge >= 0.3 is 0 Å². The summed E-state index contributed by atoms with van der Waals surface area (Å²) in [6.07, 6.45) is 4.28. The van der Waals surface area contributed by atoms with Gasteiger partial charge in [-0.05, 0) is 6.92 Å². The Hall–Kier alpha value is -3.51. The van der Waals surface area contributed by atoms with Gasteiger partial charge in [-0.15, -0.1) is 11.3 Å². The number of aromatic nitrogens is 5. The SMILES string of the molecule is CC(NC(=O)c1ncnc2c1CN(C)N2)c1ncc(C(=O)Nc2cc(C(C)(C)C)ncn2)s1. The second kappa shape index (κ2) is 8.79. The molecule has 0 bridgehead atoms. The maximum atomic E-state index is 12.8. The van der Waals surface area contributed by atoms with Crippen LogP contribution in [-0.4, -0.2) is 48.8 Å². The maximum Gasteiger partial charge on any atom is 0.270 e. The summed E-state index contributed by atoms with van der Waals surface area (Å²) < 4.78 is 0. The third kappa shape index (κ3) is 4.96. The van der Waals surface area contributed by atoms with Crippen LogP contribution in [0.4, 0.5) is 11.6 Å². The molecule has 11 nitrogen and oxygen atoms in total. The quantitative estimate of drug-likeness (QED) is 0.517. The number of amides is 2. The van der Waals surface area contributed by atoms with Crippen LogP contribution in [0.15, 0.2) is 24.9 Å². The highest BCUT2D eigenvalue weighted by Gasteiger charge is 2.26. The van der Waals surface area contributed by atoms with Crippen LogP contribution >= 0.6 is 11.3 Å². The lowest BCUT2D eigenvalue weighted by Gasteiger charge is -2.17. The Kier molecular flexibility index (Phi) is 6.04. The minimum atomic E-state index is -0.409. The Morgan fingerprint density at radius 2 is 1.88 bits per heavy atom. The molecule has 0 spiro atoms. The number of hydrogen-bond donors (Lipinski definition) is 3. The van der Waals surface area contributed by atoms with E-state index in [4.69, 9.17) is 0 Å². The summed E-state index contributed by atoms with van der Waals surface area (Å²) in [6, 6.07) is 1.35. The van der Waals surface area contributed by atoms with Crippen molar-refractivity contribution in [2.45, 2.75) is 45.7 Å². The van der Waals surface area contributed by atoms with Crippen LogP contribution in [0.1, 0.15) is 70.2 Å². The smallest absolute Gasteiger partial charge is 0.270 e. The summed E-state index contributed by atoms with van der Waals surface area (Å²) >= 11 is 1.21. The Labute approximate surface area is 195 Å². The predicted molar refractivity (Wildman–Crippen MR) is 124 cm³/mol. The number of carbonyl (C=O) groups excluding carboxylic acids is 2. The molecule has 12 heteroatoms. The lowest BCUT2D eigenvalue weighted by Crippen LogP contribution is -2.28.